The number of carbonyl (C=O) groups is 2. The Hall–Kier alpha value is -6.22. The zero-order chi connectivity index (χ0) is 37.9. The van der Waals surface area contributed by atoms with Crippen LogP contribution in [0, 0.1) is 36.5 Å². The lowest BCUT2D eigenvalue weighted by molar-refractivity contribution is 0.0240. The third kappa shape index (κ3) is 7.62. The van der Waals surface area contributed by atoms with Crippen LogP contribution >= 0.6 is 0 Å². The van der Waals surface area contributed by atoms with Gasteiger partial charge in [-0.05, 0) is 73.5 Å². The van der Waals surface area contributed by atoms with E-state index in [2.05, 4.69) is 32.7 Å². The number of piperidine rings is 2. The molecule has 2 aromatic carbocycles. The maximum absolute atomic E-state index is 11.8. The molecule has 2 amide bonds. The van der Waals surface area contributed by atoms with Crippen LogP contribution in [0.15, 0.2) is 60.7 Å². The second kappa shape index (κ2) is 15.4. The Morgan fingerprint density at radius 1 is 0.704 bits per heavy atom. The minimum atomic E-state index is -0.682. The van der Waals surface area contributed by atoms with E-state index in [0.29, 0.717) is 85.9 Å². The molecule has 0 radical (unpaired) electrons. The number of nitrogens with zero attached hydrogens (tertiary/aromatic N) is 6. The Balaban J connectivity index is 0.000000167. The molecule has 14 nitrogen and oxygen atoms in total. The van der Waals surface area contributed by atoms with Crippen molar-refractivity contribution in [2.24, 2.45) is 0 Å². The zero-order valence-electron chi connectivity index (χ0n) is 30.0. The van der Waals surface area contributed by atoms with Crippen LogP contribution in [0.25, 0.3) is 0 Å². The number of aryl methyl sites for hydroxylation is 2. The van der Waals surface area contributed by atoms with Crippen molar-refractivity contribution in [3.63, 3.8) is 0 Å². The summed E-state index contributed by atoms with van der Waals surface area (Å²) in [6, 6.07) is 21.8. The van der Waals surface area contributed by atoms with Crippen molar-refractivity contribution < 1.29 is 29.3 Å². The number of rotatable bonds is 6. The van der Waals surface area contributed by atoms with Crippen molar-refractivity contribution in [3.8, 4) is 23.6 Å². The molecular weight excluding hydrogens is 688 g/mol. The third-order valence-electron chi connectivity index (χ3n) is 9.99. The van der Waals surface area contributed by atoms with Crippen LogP contribution in [-0.4, -0.2) is 82.6 Å². The summed E-state index contributed by atoms with van der Waals surface area (Å²) in [5.41, 5.74) is 5.66. The molecule has 0 bridgehead atoms. The van der Waals surface area contributed by atoms with Gasteiger partial charge in [0.25, 0.3) is 11.8 Å². The predicted octanol–water partition coefficient (Wildman–Crippen LogP) is 3.05. The number of benzene rings is 2. The number of amides is 2. The molecule has 0 saturated carbocycles. The fourth-order valence-electron chi connectivity index (χ4n) is 7.21. The summed E-state index contributed by atoms with van der Waals surface area (Å²) in [5, 5.41) is 44.7. The number of hydrogen-bond acceptors (Lipinski definition) is 12. The molecule has 0 unspecified atom stereocenters. The number of aliphatic hydroxyl groups is 2. The van der Waals surface area contributed by atoms with Gasteiger partial charge in [-0.15, -0.1) is 0 Å². The number of hydrogen-bond donors (Lipinski definition) is 4. The van der Waals surface area contributed by atoms with E-state index in [1.54, 1.807) is 48.5 Å². The van der Waals surface area contributed by atoms with Gasteiger partial charge in [0, 0.05) is 39.0 Å². The van der Waals surface area contributed by atoms with Crippen LogP contribution in [0.5, 0.6) is 11.5 Å². The minimum Gasteiger partial charge on any atom is -0.488 e. The fraction of sp³-hybridized carbons (Fsp3) is 0.350. The molecule has 4 aromatic rings. The summed E-state index contributed by atoms with van der Waals surface area (Å²) < 4.78 is 11.8. The van der Waals surface area contributed by atoms with Crippen molar-refractivity contribution in [2.45, 2.75) is 64.2 Å². The minimum absolute atomic E-state index is 0.0844. The number of nitrogens with one attached hydrogen (secondary N) is 2. The van der Waals surface area contributed by atoms with E-state index < -0.39 is 12.2 Å². The highest BCUT2D eigenvalue weighted by Crippen LogP contribution is 2.30. The van der Waals surface area contributed by atoms with Gasteiger partial charge in [0.2, 0.25) is 0 Å². The van der Waals surface area contributed by atoms with Crippen molar-refractivity contribution in [2.75, 3.05) is 36.0 Å². The van der Waals surface area contributed by atoms with E-state index in [1.165, 1.54) is 0 Å². The molecule has 0 aliphatic carbocycles. The van der Waals surface area contributed by atoms with E-state index in [9.17, 15) is 19.8 Å². The number of aromatic nitrogens is 2. The van der Waals surface area contributed by atoms with Gasteiger partial charge in [-0.2, -0.15) is 10.5 Å². The summed E-state index contributed by atoms with van der Waals surface area (Å²) in [6.45, 7) is 6.92. The first-order valence-corrected chi connectivity index (χ1v) is 17.9. The zero-order valence-corrected chi connectivity index (χ0v) is 30.0. The molecule has 2 saturated heterocycles. The number of aliphatic hydroxyl groups excluding tert-OH is 2. The van der Waals surface area contributed by atoms with Gasteiger partial charge < -0.3 is 40.1 Å². The van der Waals surface area contributed by atoms with Gasteiger partial charge in [-0.3, -0.25) is 9.59 Å². The summed E-state index contributed by atoms with van der Waals surface area (Å²) in [4.78, 5) is 36.9. The lowest BCUT2D eigenvalue weighted by Gasteiger charge is -2.37. The van der Waals surface area contributed by atoms with Crippen LogP contribution < -0.4 is 29.9 Å². The highest BCUT2D eigenvalue weighted by molar-refractivity contribution is 5.98. The molecule has 6 heterocycles. The lowest BCUT2D eigenvalue weighted by atomic mass is 10.0. The highest BCUT2D eigenvalue weighted by Gasteiger charge is 2.33. The number of β-amino-alcohol motifs (C(OH)–C–C–N with tert-alkyl or cyclic N) is 2. The number of ether oxygens (including phenoxy) is 2. The van der Waals surface area contributed by atoms with Gasteiger partial charge in [0.15, 0.2) is 0 Å². The quantitative estimate of drug-likeness (QED) is 0.227. The largest absolute Gasteiger partial charge is 0.488 e. The van der Waals surface area contributed by atoms with E-state index >= 15 is 0 Å². The van der Waals surface area contributed by atoms with Crippen molar-refractivity contribution in [1.29, 1.82) is 10.5 Å². The summed E-state index contributed by atoms with van der Waals surface area (Å²) in [6.07, 6.45) is -0.778. The molecule has 8 rings (SSSR count). The van der Waals surface area contributed by atoms with Crippen LogP contribution in [0.2, 0.25) is 0 Å². The van der Waals surface area contributed by atoms with Gasteiger partial charge in [0.05, 0.1) is 58.9 Å². The number of fused-ring (bicyclic) bond motifs is 2. The van der Waals surface area contributed by atoms with Crippen molar-refractivity contribution >= 4 is 23.5 Å². The maximum Gasteiger partial charge on any atom is 0.253 e. The molecule has 54 heavy (non-hydrogen) atoms. The van der Waals surface area contributed by atoms with E-state index in [0.717, 1.165) is 34.2 Å². The third-order valence-corrected chi connectivity index (χ3v) is 9.99. The van der Waals surface area contributed by atoms with Crippen LogP contribution in [0.4, 0.5) is 11.6 Å². The summed E-state index contributed by atoms with van der Waals surface area (Å²) in [5.74, 6) is 2.60. The number of nitriles is 2. The van der Waals surface area contributed by atoms with Gasteiger partial charge >= 0.3 is 0 Å². The van der Waals surface area contributed by atoms with Crippen LogP contribution in [0.3, 0.4) is 0 Å². The van der Waals surface area contributed by atoms with Crippen LogP contribution in [0.1, 0.15) is 67.2 Å². The second-order valence-corrected chi connectivity index (χ2v) is 13.8. The van der Waals surface area contributed by atoms with Crippen molar-refractivity contribution in [3.05, 3.63) is 105 Å². The first kappa shape index (κ1) is 36.2. The average molecular weight is 729 g/mol. The van der Waals surface area contributed by atoms with E-state index in [-0.39, 0.29) is 24.0 Å². The number of carbonyl (C=O) groups excluding carboxylic acids is 2. The molecule has 14 heteroatoms. The molecule has 2 aromatic heterocycles. The fourth-order valence-corrected chi connectivity index (χ4v) is 7.21. The molecule has 276 valence electrons. The molecule has 0 spiro atoms. The highest BCUT2D eigenvalue weighted by atomic mass is 16.5. The average Bonchev–Trinajstić information content (AvgIpc) is 3.73. The SMILES string of the molecule is Cc1cc2c(nc1N1CC[C@@H](Oc3cccc(C#N)c3)[C@H](O)C1)CNC2=O.Cc1cc2c(nc1N1CC[C@H](Oc3cccc(C#N)c3)[C@@H](O)C1)CNC2=O. The smallest absolute Gasteiger partial charge is 0.253 e. The maximum atomic E-state index is 11.8. The molecule has 2 fully saturated rings. The molecule has 4 aliphatic heterocycles. The first-order chi connectivity index (χ1) is 26.1. The monoisotopic (exact) mass is 728 g/mol. The first-order valence-electron chi connectivity index (χ1n) is 17.9. The number of pyridine rings is 2. The van der Waals surface area contributed by atoms with E-state index in [4.69, 9.17) is 20.0 Å². The van der Waals surface area contributed by atoms with Crippen molar-refractivity contribution in [1.82, 2.24) is 20.6 Å². The normalized spacial score (nSPS) is 21.4. The molecule has 4 atom stereocenters. The van der Waals surface area contributed by atoms with Crippen LogP contribution in [-0.2, 0) is 13.1 Å². The number of anilines is 2. The Morgan fingerprint density at radius 2 is 1.13 bits per heavy atom. The lowest BCUT2D eigenvalue weighted by Crippen LogP contribution is -2.49. The standard InChI is InChI=1S/2C20H20N4O3/c2*1-12-7-15-16(10-22-20(15)26)23-19(12)24-6-5-18(17(25)11-24)27-14-4-2-3-13(8-14)9-21/h2*2-4,7-8,17-18,25H,5-6,10-11H2,1H3,(H,22,26)/t2*17-,18-/m10/s1. The Kier molecular flexibility index (Phi) is 10.3. The summed E-state index contributed by atoms with van der Waals surface area (Å²) >= 11 is 0. The van der Waals surface area contributed by atoms with Gasteiger partial charge in [-0.25, -0.2) is 9.97 Å². The molecule has 4 N–H and O–H groups in total. The van der Waals surface area contributed by atoms with E-state index in [1.807, 2.05) is 35.8 Å². The van der Waals surface area contributed by atoms with Gasteiger partial charge in [-0.1, -0.05) is 12.1 Å². The molecule has 4 aliphatic rings. The van der Waals surface area contributed by atoms with Gasteiger partial charge in [0.1, 0.15) is 47.6 Å². The Bertz CT molecular complexity index is 2030. The second-order valence-electron chi connectivity index (χ2n) is 13.8. The summed E-state index contributed by atoms with van der Waals surface area (Å²) in [7, 11) is 0. The predicted molar refractivity (Wildman–Crippen MR) is 197 cm³/mol. The Labute approximate surface area is 312 Å². The topological polar surface area (TPSA) is 197 Å². The molecular formula is C40H40N8O6. The Morgan fingerprint density at radius 3 is 1.52 bits per heavy atom.